The summed E-state index contributed by atoms with van der Waals surface area (Å²) < 4.78 is 1.78. The van der Waals surface area contributed by atoms with Crippen molar-refractivity contribution in [1.82, 2.24) is 24.6 Å². The van der Waals surface area contributed by atoms with Crippen LogP contribution in [0, 0.1) is 0 Å². The van der Waals surface area contributed by atoms with Gasteiger partial charge < -0.3 is 20.2 Å². The van der Waals surface area contributed by atoms with Gasteiger partial charge in [-0.1, -0.05) is 0 Å². The first-order valence-corrected chi connectivity index (χ1v) is 8.98. The van der Waals surface area contributed by atoms with Gasteiger partial charge >= 0.3 is 0 Å². The summed E-state index contributed by atoms with van der Waals surface area (Å²) in [5, 5.41) is 16.3. The van der Waals surface area contributed by atoms with Gasteiger partial charge in [-0.3, -0.25) is 9.48 Å². The SMILES string of the molecule is O=CN1[C@@H]2CC[C@H]1CN(c1ccnc(Nc3cnn(CCCO)c3)n1)C2. The van der Waals surface area contributed by atoms with Gasteiger partial charge in [0.25, 0.3) is 0 Å². The predicted octanol–water partition coefficient (Wildman–Crippen LogP) is 0.608. The fraction of sp³-hybridized carbons (Fsp3) is 0.529. The second-order valence-corrected chi connectivity index (χ2v) is 6.78. The summed E-state index contributed by atoms with van der Waals surface area (Å²) in [6, 6.07) is 2.47. The highest BCUT2D eigenvalue weighted by Crippen LogP contribution is 2.31. The molecule has 0 saturated carbocycles. The molecular formula is C17H23N7O2. The highest BCUT2D eigenvalue weighted by molar-refractivity contribution is 5.55. The Morgan fingerprint density at radius 3 is 2.85 bits per heavy atom. The van der Waals surface area contributed by atoms with Gasteiger partial charge in [0.2, 0.25) is 12.4 Å². The number of carbonyl (C=O) groups is 1. The van der Waals surface area contributed by atoms with Crippen LogP contribution in [-0.2, 0) is 11.3 Å². The van der Waals surface area contributed by atoms with E-state index < -0.39 is 0 Å². The minimum atomic E-state index is 0.146. The molecule has 2 aromatic rings. The zero-order valence-electron chi connectivity index (χ0n) is 14.5. The Balaban J connectivity index is 1.44. The van der Waals surface area contributed by atoms with Crippen LogP contribution in [0.3, 0.4) is 0 Å². The summed E-state index contributed by atoms with van der Waals surface area (Å²) in [5.41, 5.74) is 0.811. The van der Waals surface area contributed by atoms with Crippen molar-refractivity contribution in [2.75, 3.05) is 29.9 Å². The molecule has 0 unspecified atom stereocenters. The number of piperazine rings is 1. The molecule has 2 N–H and O–H groups in total. The third-order valence-electron chi connectivity index (χ3n) is 5.06. The van der Waals surface area contributed by atoms with Gasteiger partial charge in [-0.05, 0) is 25.3 Å². The lowest BCUT2D eigenvalue weighted by Crippen LogP contribution is -2.53. The van der Waals surface area contributed by atoms with Crippen molar-refractivity contribution < 1.29 is 9.90 Å². The Hall–Kier alpha value is -2.68. The Labute approximate surface area is 151 Å². The van der Waals surface area contributed by atoms with Crippen molar-refractivity contribution in [3.05, 3.63) is 24.7 Å². The third-order valence-corrected chi connectivity index (χ3v) is 5.06. The third kappa shape index (κ3) is 3.34. The number of carbonyl (C=O) groups excluding carboxylic acids is 1. The number of aliphatic hydroxyl groups is 1. The molecule has 2 aliphatic heterocycles. The van der Waals surface area contributed by atoms with E-state index >= 15 is 0 Å². The summed E-state index contributed by atoms with van der Waals surface area (Å²) in [5.74, 6) is 1.40. The molecule has 1 amide bonds. The van der Waals surface area contributed by atoms with Gasteiger partial charge in [0.1, 0.15) is 5.82 Å². The second kappa shape index (κ2) is 7.28. The number of nitrogens with one attached hydrogen (secondary N) is 1. The van der Waals surface area contributed by atoms with E-state index in [2.05, 4.69) is 25.3 Å². The van der Waals surface area contributed by atoms with Crippen LogP contribution in [0.15, 0.2) is 24.7 Å². The summed E-state index contributed by atoms with van der Waals surface area (Å²) in [6.07, 6.45) is 9.11. The number of aliphatic hydroxyl groups excluding tert-OH is 1. The lowest BCUT2D eigenvalue weighted by atomic mass is 10.2. The monoisotopic (exact) mass is 357 g/mol. The molecule has 9 nitrogen and oxygen atoms in total. The fourth-order valence-corrected chi connectivity index (χ4v) is 3.79. The van der Waals surface area contributed by atoms with Gasteiger partial charge in [0.15, 0.2) is 0 Å². The molecule has 0 aliphatic carbocycles. The lowest BCUT2D eigenvalue weighted by Gasteiger charge is -2.39. The molecule has 4 rings (SSSR count). The standard InChI is InChI=1S/C17H23N7O2/c25-7-1-6-23-9-13(8-19-23)20-17-18-5-4-16(21-17)22-10-14-2-3-15(11-22)24(14)12-26/h4-5,8-9,12,14-15,25H,1-3,6-7,10-11H2,(H,18,20,21)/t14-,15+. The van der Waals surface area contributed by atoms with Gasteiger partial charge in [0, 0.05) is 50.7 Å². The number of aryl methyl sites for hydroxylation is 1. The quantitative estimate of drug-likeness (QED) is 0.700. The molecule has 0 radical (unpaired) electrons. The Bertz CT molecular complexity index is 751. The Kier molecular flexibility index (Phi) is 4.70. The van der Waals surface area contributed by atoms with Crippen LogP contribution in [0.4, 0.5) is 17.5 Å². The van der Waals surface area contributed by atoms with Crippen molar-refractivity contribution in [3.63, 3.8) is 0 Å². The fourth-order valence-electron chi connectivity index (χ4n) is 3.79. The highest BCUT2D eigenvalue weighted by Gasteiger charge is 2.39. The van der Waals surface area contributed by atoms with Crippen molar-refractivity contribution >= 4 is 23.9 Å². The Morgan fingerprint density at radius 1 is 1.31 bits per heavy atom. The second-order valence-electron chi connectivity index (χ2n) is 6.78. The molecule has 26 heavy (non-hydrogen) atoms. The number of anilines is 3. The van der Waals surface area contributed by atoms with Crippen molar-refractivity contribution in [2.24, 2.45) is 0 Å². The molecule has 9 heteroatoms. The number of nitrogens with zero attached hydrogens (tertiary/aromatic N) is 6. The molecule has 2 atom stereocenters. The Morgan fingerprint density at radius 2 is 2.12 bits per heavy atom. The maximum Gasteiger partial charge on any atom is 0.229 e. The maximum atomic E-state index is 11.2. The average Bonchev–Trinajstić information content (AvgIpc) is 3.20. The molecule has 2 bridgehead atoms. The van der Waals surface area contributed by atoms with Crippen molar-refractivity contribution in [3.8, 4) is 0 Å². The minimum absolute atomic E-state index is 0.146. The molecular weight excluding hydrogens is 334 g/mol. The number of rotatable bonds is 7. The normalized spacial score (nSPS) is 21.9. The van der Waals surface area contributed by atoms with Crippen LogP contribution in [0.2, 0.25) is 0 Å². The first-order valence-electron chi connectivity index (χ1n) is 8.98. The molecule has 2 fully saturated rings. The van der Waals surface area contributed by atoms with E-state index in [-0.39, 0.29) is 18.7 Å². The van der Waals surface area contributed by atoms with E-state index in [9.17, 15) is 4.79 Å². The molecule has 2 aromatic heterocycles. The number of hydrogen-bond donors (Lipinski definition) is 2. The van der Waals surface area contributed by atoms with Gasteiger partial charge in [-0.15, -0.1) is 0 Å². The van der Waals surface area contributed by atoms with Crippen molar-refractivity contribution in [1.29, 1.82) is 0 Å². The van der Waals surface area contributed by atoms with Crippen molar-refractivity contribution in [2.45, 2.75) is 37.9 Å². The van der Waals surface area contributed by atoms with Crippen LogP contribution in [0.25, 0.3) is 0 Å². The smallest absolute Gasteiger partial charge is 0.229 e. The number of amides is 1. The zero-order chi connectivity index (χ0) is 17.9. The highest BCUT2D eigenvalue weighted by atomic mass is 16.3. The van der Waals surface area contributed by atoms with E-state index in [0.717, 1.165) is 43.8 Å². The van der Waals surface area contributed by atoms with E-state index in [0.29, 0.717) is 18.9 Å². The number of aromatic nitrogens is 4. The average molecular weight is 357 g/mol. The summed E-state index contributed by atoms with van der Waals surface area (Å²) in [7, 11) is 0. The van der Waals surface area contributed by atoms with E-state index in [1.807, 2.05) is 17.2 Å². The zero-order valence-corrected chi connectivity index (χ0v) is 14.5. The lowest BCUT2D eigenvalue weighted by molar-refractivity contribution is -0.121. The minimum Gasteiger partial charge on any atom is -0.396 e. The van der Waals surface area contributed by atoms with Crippen LogP contribution >= 0.6 is 0 Å². The molecule has 138 valence electrons. The predicted molar refractivity (Wildman–Crippen MR) is 96.2 cm³/mol. The van der Waals surface area contributed by atoms with Gasteiger partial charge in [0.05, 0.1) is 11.9 Å². The summed E-state index contributed by atoms with van der Waals surface area (Å²) in [6.45, 7) is 2.44. The largest absolute Gasteiger partial charge is 0.396 e. The van der Waals surface area contributed by atoms with E-state index in [1.165, 1.54) is 0 Å². The first-order chi connectivity index (χ1) is 12.8. The molecule has 2 aliphatic rings. The topological polar surface area (TPSA) is 99.4 Å². The molecule has 0 aromatic carbocycles. The number of hydrogen-bond acceptors (Lipinski definition) is 7. The molecule has 4 heterocycles. The van der Waals surface area contributed by atoms with Gasteiger partial charge in [-0.25, -0.2) is 4.98 Å². The molecule has 2 saturated heterocycles. The van der Waals surface area contributed by atoms with E-state index in [4.69, 9.17) is 5.11 Å². The van der Waals surface area contributed by atoms with Gasteiger partial charge in [-0.2, -0.15) is 10.1 Å². The van der Waals surface area contributed by atoms with E-state index in [1.54, 1.807) is 17.1 Å². The maximum absolute atomic E-state index is 11.2. The van der Waals surface area contributed by atoms with Crippen LogP contribution in [0.1, 0.15) is 19.3 Å². The first kappa shape index (κ1) is 16.8. The summed E-state index contributed by atoms with van der Waals surface area (Å²) in [4.78, 5) is 24.4. The summed E-state index contributed by atoms with van der Waals surface area (Å²) >= 11 is 0. The van der Waals surface area contributed by atoms with Crippen LogP contribution < -0.4 is 10.2 Å². The molecule has 0 spiro atoms. The number of fused-ring (bicyclic) bond motifs is 2. The van der Waals surface area contributed by atoms with Crippen LogP contribution in [0.5, 0.6) is 0 Å². The van der Waals surface area contributed by atoms with Crippen LogP contribution in [-0.4, -0.2) is 67.9 Å².